The van der Waals surface area contributed by atoms with Crippen LogP contribution in [0.5, 0.6) is 5.88 Å². The third-order valence-electron chi connectivity index (χ3n) is 3.17. The second-order valence-electron chi connectivity index (χ2n) is 4.59. The fourth-order valence-corrected chi connectivity index (χ4v) is 4.90. The first-order chi connectivity index (χ1) is 10.1. The van der Waals surface area contributed by atoms with Crippen molar-refractivity contribution in [2.75, 3.05) is 17.3 Å². The first kappa shape index (κ1) is 14.8. The van der Waals surface area contributed by atoms with Gasteiger partial charge in [0.25, 0.3) is 5.56 Å². The van der Waals surface area contributed by atoms with Gasteiger partial charge in [0.1, 0.15) is 11.4 Å². The van der Waals surface area contributed by atoms with Gasteiger partial charge in [0.2, 0.25) is 5.88 Å². The molecule has 0 spiro atoms. The Hall–Kier alpha value is -1.11. The van der Waals surface area contributed by atoms with E-state index in [2.05, 4.69) is 9.97 Å². The highest BCUT2D eigenvalue weighted by atomic mass is 35.5. The number of aromatic nitrogens is 2. The van der Waals surface area contributed by atoms with Gasteiger partial charge in [-0.05, 0) is 17.7 Å². The van der Waals surface area contributed by atoms with Gasteiger partial charge in [-0.2, -0.15) is 16.7 Å². The minimum absolute atomic E-state index is 0.126. The van der Waals surface area contributed by atoms with E-state index >= 15 is 0 Å². The number of H-pyrrole nitrogens is 1. The molecule has 4 nitrogen and oxygen atoms in total. The average molecular weight is 341 g/mol. The largest absolute Gasteiger partial charge is 0.493 e. The van der Waals surface area contributed by atoms with Crippen LogP contribution in [0.25, 0.3) is 11.1 Å². The maximum atomic E-state index is 12.3. The quantitative estimate of drug-likeness (QED) is 0.878. The molecule has 1 saturated heterocycles. The second kappa shape index (κ2) is 6.34. The molecule has 1 aliphatic rings. The summed E-state index contributed by atoms with van der Waals surface area (Å²) in [4.78, 5) is 19.3. The highest BCUT2D eigenvalue weighted by molar-refractivity contribution is 8.06. The Morgan fingerprint density at radius 1 is 1.29 bits per heavy atom. The van der Waals surface area contributed by atoms with Gasteiger partial charge in [-0.15, -0.1) is 11.8 Å². The molecule has 0 bridgehead atoms. The fraction of sp³-hybridized carbons (Fsp3) is 0.286. The van der Waals surface area contributed by atoms with Gasteiger partial charge in [0, 0.05) is 22.3 Å². The van der Waals surface area contributed by atoms with E-state index in [1.165, 1.54) is 0 Å². The van der Waals surface area contributed by atoms with E-state index in [1.54, 1.807) is 36.0 Å². The number of nitrogens with zero attached hydrogens (tertiary/aromatic N) is 1. The van der Waals surface area contributed by atoms with Crippen molar-refractivity contribution in [2.24, 2.45) is 0 Å². The van der Waals surface area contributed by atoms with Crippen molar-refractivity contribution in [1.29, 1.82) is 0 Å². The molecule has 1 fully saturated rings. The molecule has 0 amide bonds. The Morgan fingerprint density at radius 2 is 2.05 bits per heavy atom. The lowest BCUT2D eigenvalue weighted by atomic mass is 10.1. The maximum absolute atomic E-state index is 12.3. The molecule has 110 valence electrons. The molecule has 7 heteroatoms. The van der Waals surface area contributed by atoms with E-state index in [1.807, 2.05) is 11.8 Å². The molecule has 1 aliphatic heterocycles. The summed E-state index contributed by atoms with van der Waals surface area (Å²) in [6, 6.07) is 6.74. The van der Waals surface area contributed by atoms with E-state index < -0.39 is 0 Å². The second-order valence-corrected chi connectivity index (χ2v) is 7.49. The molecule has 1 atom stereocenters. The summed E-state index contributed by atoms with van der Waals surface area (Å²) < 4.78 is 0. The molecule has 2 aromatic rings. The lowest BCUT2D eigenvalue weighted by Crippen LogP contribution is -2.18. The summed E-state index contributed by atoms with van der Waals surface area (Å²) in [5.74, 6) is 3.35. The standard InChI is InChI=1S/C14H13ClN2O2S2/c15-9-3-1-8(2-4-9)11-13(18)16-12(17-14(11)19)10-7-20-5-6-21-10/h1-4,10H,5-7H2,(H2,16,17,18,19). The van der Waals surface area contributed by atoms with Gasteiger partial charge in [-0.25, -0.2) is 0 Å². The van der Waals surface area contributed by atoms with Gasteiger partial charge >= 0.3 is 0 Å². The summed E-state index contributed by atoms with van der Waals surface area (Å²) in [6.45, 7) is 0. The Bertz CT molecular complexity index is 697. The first-order valence-corrected chi connectivity index (χ1v) is 9.02. The van der Waals surface area contributed by atoms with Crippen molar-refractivity contribution in [2.45, 2.75) is 5.25 Å². The number of aromatic amines is 1. The molecular formula is C14H13ClN2O2S2. The van der Waals surface area contributed by atoms with Gasteiger partial charge in [0.15, 0.2) is 0 Å². The van der Waals surface area contributed by atoms with E-state index in [0.29, 0.717) is 16.4 Å². The van der Waals surface area contributed by atoms with Crippen molar-refractivity contribution in [3.63, 3.8) is 0 Å². The van der Waals surface area contributed by atoms with Gasteiger partial charge in [0.05, 0.1) is 5.25 Å². The zero-order valence-electron chi connectivity index (χ0n) is 11.0. The molecule has 1 aromatic heterocycles. The third-order valence-corrected chi connectivity index (χ3v) is 6.19. The maximum Gasteiger partial charge on any atom is 0.262 e. The summed E-state index contributed by atoms with van der Waals surface area (Å²) in [5, 5.41) is 10.9. The number of hydrogen-bond donors (Lipinski definition) is 2. The van der Waals surface area contributed by atoms with Crippen LogP contribution < -0.4 is 5.56 Å². The smallest absolute Gasteiger partial charge is 0.262 e. The van der Waals surface area contributed by atoms with E-state index in [-0.39, 0.29) is 22.3 Å². The molecule has 0 aliphatic carbocycles. The van der Waals surface area contributed by atoms with Crippen molar-refractivity contribution in [1.82, 2.24) is 9.97 Å². The number of nitrogens with one attached hydrogen (secondary N) is 1. The molecule has 0 radical (unpaired) electrons. The number of aromatic hydroxyl groups is 1. The van der Waals surface area contributed by atoms with Gasteiger partial charge in [-0.3, -0.25) is 4.79 Å². The Kier molecular flexibility index (Phi) is 4.47. The molecule has 2 N–H and O–H groups in total. The number of hydrogen-bond acceptors (Lipinski definition) is 5. The summed E-state index contributed by atoms with van der Waals surface area (Å²) in [6.07, 6.45) is 0. The number of rotatable bonds is 2. The average Bonchev–Trinajstić information content (AvgIpc) is 2.49. The zero-order chi connectivity index (χ0) is 14.8. The first-order valence-electron chi connectivity index (χ1n) is 6.43. The van der Waals surface area contributed by atoms with Crippen LogP contribution >= 0.6 is 35.1 Å². The molecular weight excluding hydrogens is 328 g/mol. The fourth-order valence-electron chi connectivity index (χ4n) is 2.15. The topological polar surface area (TPSA) is 66.0 Å². The van der Waals surface area contributed by atoms with Gasteiger partial charge < -0.3 is 10.1 Å². The highest BCUT2D eigenvalue weighted by Gasteiger charge is 2.21. The van der Waals surface area contributed by atoms with E-state index in [4.69, 9.17) is 11.6 Å². The van der Waals surface area contributed by atoms with Crippen LogP contribution in [-0.2, 0) is 0 Å². The van der Waals surface area contributed by atoms with Crippen LogP contribution in [0, 0.1) is 0 Å². The zero-order valence-corrected chi connectivity index (χ0v) is 13.4. The number of benzene rings is 1. The van der Waals surface area contributed by atoms with E-state index in [9.17, 15) is 9.90 Å². The highest BCUT2D eigenvalue weighted by Crippen LogP contribution is 2.36. The Morgan fingerprint density at radius 3 is 2.67 bits per heavy atom. The van der Waals surface area contributed by atoms with Crippen molar-refractivity contribution in [3.8, 4) is 17.0 Å². The SMILES string of the molecule is O=c1[nH]c(C2CSCCS2)nc(O)c1-c1ccc(Cl)cc1. The van der Waals surface area contributed by atoms with Crippen molar-refractivity contribution >= 4 is 35.1 Å². The lowest BCUT2D eigenvalue weighted by molar-refractivity contribution is 0.450. The molecule has 0 saturated carbocycles. The summed E-state index contributed by atoms with van der Waals surface area (Å²) in [7, 11) is 0. The third kappa shape index (κ3) is 3.22. The molecule has 1 aromatic carbocycles. The van der Waals surface area contributed by atoms with Crippen molar-refractivity contribution in [3.05, 3.63) is 45.5 Å². The van der Waals surface area contributed by atoms with Crippen LogP contribution in [0.2, 0.25) is 5.02 Å². The molecule has 1 unspecified atom stereocenters. The van der Waals surface area contributed by atoms with Crippen LogP contribution in [0.1, 0.15) is 11.1 Å². The van der Waals surface area contributed by atoms with Crippen LogP contribution in [-0.4, -0.2) is 32.3 Å². The normalized spacial score (nSPS) is 18.6. The summed E-state index contributed by atoms with van der Waals surface area (Å²) in [5.41, 5.74) is 0.461. The monoisotopic (exact) mass is 340 g/mol. The van der Waals surface area contributed by atoms with Crippen LogP contribution in [0.3, 0.4) is 0 Å². The molecule has 3 rings (SSSR count). The predicted molar refractivity (Wildman–Crippen MR) is 89.5 cm³/mol. The Balaban J connectivity index is 2.00. The van der Waals surface area contributed by atoms with Gasteiger partial charge in [-0.1, -0.05) is 23.7 Å². The van der Waals surface area contributed by atoms with Crippen molar-refractivity contribution < 1.29 is 5.11 Å². The molecule has 2 heterocycles. The summed E-state index contributed by atoms with van der Waals surface area (Å²) >= 11 is 9.42. The Labute approximate surface area is 135 Å². The lowest BCUT2D eigenvalue weighted by Gasteiger charge is -2.20. The molecule has 21 heavy (non-hydrogen) atoms. The predicted octanol–water partition coefficient (Wildman–Crippen LogP) is 3.32. The van der Waals surface area contributed by atoms with E-state index in [0.717, 1.165) is 17.3 Å². The van der Waals surface area contributed by atoms with Crippen LogP contribution in [0.4, 0.5) is 0 Å². The van der Waals surface area contributed by atoms with Crippen LogP contribution in [0.15, 0.2) is 29.1 Å². The number of halogens is 1. The number of thioether (sulfide) groups is 2. The minimum Gasteiger partial charge on any atom is -0.493 e. The minimum atomic E-state index is -0.323.